The van der Waals surface area contributed by atoms with Crippen LogP contribution in [0.3, 0.4) is 0 Å². The van der Waals surface area contributed by atoms with Crippen molar-refractivity contribution < 1.29 is 29.6 Å². The molecule has 1 saturated heterocycles. The summed E-state index contributed by atoms with van der Waals surface area (Å²) in [5.41, 5.74) is 0. The molecule has 0 spiro atoms. The zero-order valence-corrected chi connectivity index (χ0v) is 12.9. The Balaban J connectivity index is 0.00000162. The number of rotatable bonds is 2. The molecule has 0 amide bonds. The molecule has 0 radical (unpaired) electrons. The maximum Gasteiger partial charge on any atom is 0.243 e. The van der Waals surface area contributed by atoms with Gasteiger partial charge in [-0.1, -0.05) is 0 Å². The van der Waals surface area contributed by atoms with Gasteiger partial charge in [0.1, 0.15) is 0 Å². The molecular formula is C10H13NNiO3S3. The summed E-state index contributed by atoms with van der Waals surface area (Å²) >= 11 is 8.34. The standard InChI is InChI=1S/C10H13NO3S3.Ni/c12-17(13,11-3-5-14-6-4-11)8-1-2-9(15)10(16)7-8;/h1-2,7,15-16H,3-6H2;. The summed E-state index contributed by atoms with van der Waals surface area (Å²) in [4.78, 5) is 1.47. The van der Waals surface area contributed by atoms with Gasteiger partial charge in [-0.05, 0) is 18.2 Å². The largest absolute Gasteiger partial charge is 0.379 e. The minimum atomic E-state index is -3.43. The van der Waals surface area contributed by atoms with Gasteiger partial charge in [0.25, 0.3) is 0 Å². The molecule has 8 heteroatoms. The second-order valence-corrected chi connectivity index (χ2v) is 6.57. The summed E-state index contributed by atoms with van der Waals surface area (Å²) in [6.07, 6.45) is 0. The summed E-state index contributed by atoms with van der Waals surface area (Å²) in [5, 5.41) is 0. The first kappa shape index (κ1) is 16.3. The smallest absolute Gasteiger partial charge is 0.243 e. The first-order valence-electron chi connectivity index (χ1n) is 5.12. The van der Waals surface area contributed by atoms with E-state index in [1.807, 2.05) is 0 Å². The molecule has 1 aromatic carbocycles. The van der Waals surface area contributed by atoms with Crippen LogP contribution in [0, 0.1) is 0 Å². The molecule has 0 atom stereocenters. The molecule has 1 aliphatic heterocycles. The van der Waals surface area contributed by atoms with Crippen molar-refractivity contribution >= 4 is 35.3 Å². The molecule has 0 N–H and O–H groups in total. The molecule has 0 aliphatic carbocycles. The fourth-order valence-electron chi connectivity index (χ4n) is 1.60. The Morgan fingerprint density at radius 3 is 2.28 bits per heavy atom. The normalized spacial score (nSPS) is 17.2. The van der Waals surface area contributed by atoms with Crippen molar-refractivity contribution in [2.75, 3.05) is 26.3 Å². The molecule has 18 heavy (non-hydrogen) atoms. The summed E-state index contributed by atoms with van der Waals surface area (Å²) in [6.45, 7) is 1.68. The molecule has 1 heterocycles. The second kappa shape index (κ2) is 6.63. The van der Waals surface area contributed by atoms with Crippen LogP contribution in [0.4, 0.5) is 0 Å². The van der Waals surface area contributed by atoms with E-state index in [0.717, 1.165) is 0 Å². The first-order valence-corrected chi connectivity index (χ1v) is 7.45. The number of morpholine rings is 1. The minimum absolute atomic E-state index is 0. The second-order valence-electron chi connectivity index (χ2n) is 3.67. The van der Waals surface area contributed by atoms with Crippen LogP contribution in [0.25, 0.3) is 0 Å². The Bertz CT molecular complexity index is 515. The molecule has 104 valence electrons. The van der Waals surface area contributed by atoms with E-state index in [0.29, 0.717) is 36.1 Å². The van der Waals surface area contributed by atoms with E-state index in [4.69, 9.17) is 4.74 Å². The van der Waals surface area contributed by atoms with E-state index in [1.54, 1.807) is 12.1 Å². The average molecular weight is 350 g/mol. The number of hydrogen-bond acceptors (Lipinski definition) is 5. The third-order valence-corrected chi connectivity index (χ3v) is 5.39. The molecule has 0 bridgehead atoms. The number of nitrogens with zero attached hydrogens (tertiary/aromatic N) is 1. The van der Waals surface area contributed by atoms with E-state index in [9.17, 15) is 8.42 Å². The summed E-state index contributed by atoms with van der Waals surface area (Å²) < 4.78 is 31.1. The van der Waals surface area contributed by atoms with Crippen LogP contribution in [0.2, 0.25) is 0 Å². The minimum Gasteiger partial charge on any atom is -0.379 e. The fraction of sp³-hybridized carbons (Fsp3) is 0.400. The van der Waals surface area contributed by atoms with Gasteiger partial charge in [-0.15, -0.1) is 25.3 Å². The first-order chi connectivity index (χ1) is 8.01. The maximum absolute atomic E-state index is 12.3. The van der Waals surface area contributed by atoms with Gasteiger partial charge in [0.15, 0.2) is 0 Å². The molecular weight excluding hydrogens is 337 g/mol. The van der Waals surface area contributed by atoms with Gasteiger partial charge in [-0.3, -0.25) is 0 Å². The quantitative estimate of drug-likeness (QED) is 0.624. The predicted molar refractivity (Wildman–Crippen MR) is 70.5 cm³/mol. The summed E-state index contributed by atoms with van der Waals surface area (Å²) in [7, 11) is -3.43. The molecule has 1 aliphatic rings. The Morgan fingerprint density at radius 1 is 1.11 bits per heavy atom. The van der Waals surface area contributed by atoms with Crippen LogP contribution >= 0.6 is 25.3 Å². The summed E-state index contributed by atoms with van der Waals surface area (Å²) in [5.74, 6) is 0. The fourth-order valence-corrected chi connectivity index (χ4v) is 3.47. The van der Waals surface area contributed by atoms with E-state index in [-0.39, 0.29) is 21.4 Å². The van der Waals surface area contributed by atoms with E-state index in [2.05, 4.69) is 25.3 Å². The molecule has 4 nitrogen and oxygen atoms in total. The molecule has 0 unspecified atom stereocenters. The number of benzene rings is 1. The number of hydrogen-bond donors (Lipinski definition) is 2. The molecule has 1 fully saturated rings. The predicted octanol–water partition coefficient (Wildman–Crippen LogP) is 1.28. The van der Waals surface area contributed by atoms with E-state index in [1.165, 1.54) is 10.4 Å². The van der Waals surface area contributed by atoms with Crippen molar-refractivity contribution in [1.82, 2.24) is 4.31 Å². The number of ether oxygens (including phenoxy) is 1. The molecule has 2 rings (SSSR count). The van der Waals surface area contributed by atoms with Gasteiger partial charge >= 0.3 is 0 Å². The van der Waals surface area contributed by atoms with Gasteiger partial charge in [0.2, 0.25) is 10.0 Å². The van der Waals surface area contributed by atoms with E-state index < -0.39 is 10.0 Å². The molecule has 0 saturated carbocycles. The Hall–Kier alpha value is 0.284. The zero-order chi connectivity index (χ0) is 12.5. The zero-order valence-electron chi connectivity index (χ0n) is 9.35. The third kappa shape index (κ3) is 3.43. The van der Waals surface area contributed by atoms with Crippen LogP contribution in [0.5, 0.6) is 0 Å². The van der Waals surface area contributed by atoms with Crippen LogP contribution in [0.1, 0.15) is 0 Å². The van der Waals surface area contributed by atoms with Crippen molar-refractivity contribution in [3.05, 3.63) is 18.2 Å². The SMILES string of the molecule is O=S(=O)(c1ccc(S)c(S)c1)N1CCOCC1.[Ni]. The maximum atomic E-state index is 12.3. The Morgan fingerprint density at radius 2 is 1.72 bits per heavy atom. The van der Waals surface area contributed by atoms with Crippen LogP contribution in [0.15, 0.2) is 32.9 Å². The van der Waals surface area contributed by atoms with E-state index >= 15 is 0 Å². The van der Waals surface area contributed by atoms with Crippen LogP contribution in [-0.4, -0.2) is 39.0 Å². The number of thiol groups is 2. The van der Waals surface area contributed by atoms with Crippen LogP contribution in [-0.2, 0) is 31.3 Å². The van der Waals surface area contributed by atoms with Crippen molar-refractivity contribution in [2.45, 2.75) is 14.7 Å². The number of sulfonamides is 1. The average Bonchev–Trinajstić information content (AvgIpc) is 2.33. The Labute approximate surface area is 128 Å². The topological polar surface area (TPSA) is 46.6 Å². The van der Waals surface area contributed by atoms with Gasteiger partial charge < -0.3 is 4.74 Å². The van der Waals surface area contributed by atoms with Crippen molar-refractivity contribution in [3.63, 3.8) is 0 Å². The molecule has 0 aromatic heterocycles. The van der Waals surface area contributed by atoms with Crippen molar-refractivity contribution in [2.24, 2.45) is 0 Å². The third-order valence-electron chi connectivity index (χ3n) is 2.55. The van der Waals surface area contributed by atoms with Gasteiger partial charge in [-0.2, -0.15) is 4.31 Å². The summed E-state index contributed by atoms with van der Waals surface area (Å²) in [6, 6.07) is 4.71. The van der Waals surface area contributed by atoms with Gasteiger partial charge in [0.05, 0.1) is 18.1 Å². The van der Waals surface area contributed by atoms with Gasteiger partial charge in [0, 0.05) is 39.4 Å². The van der Waals surface area contributed by atoms with Gasteiger partial charge in [-0.25, -0.2) is 8.42 Å². The van der Waals surface area contributed by atoms with Crippen LogP contribution < -0.4 is 0 Å². The molecule has 1 aromatic rings. The monoisotopic (exact) mass is 349 g/mol. The Kier molecular flexibility index (Phi) is 6.02. The van der Waals surface area contributed by atoms with Crippen molar-refractivity contribution in [3.8, 4) is 0 Å². The van der Waals surface area contributed by atoms with Crippen molar-refractivity contribution in [1.29, 1.82) is 0 Å².